The number of aromatic carboxylic acids is 1. The van der Waals surface area contributed by atoms with E-state index in [0.29, 0.717) is 21.9 Å². The smallest absolute Gasteiger partial charge is 0.346 e. The van der Waals surface area contributed by atoms with Gasteiger partial charge in [-0.25, -0.2) is 14.2 Å². The highest BCUT2D eigenvalue weighted by Gasteiger charge is 2.20. The summed E-state index contributed by atoms with van der Waals surface area (Å²) >= 11 is 2.58. The molecule has 0 aromatic carbocycles. The van der Waals surface area contributed by atoms with Gasteiger partial charge in [0.1, 0.15) is 10.7 Å². The molecule has 0 amide bonds. The van der Waals surface area contributed by atoms with Crippen LogP contribution in [0.25, 0.3) is 20.5 Å². The highest BCUT2D eigenvalue weighted by molar-refractivity contribution is 7.29. The van der Waals surface area contributed by atoms with Crippen molar-refractivity contribution in [2.45, 2.75) is 6.92 Å². The number of pyridine rings is 1. The van der Waals surface area contributed by atoms with Crippen LogP contribution in [0.15, 0.2) is 17.6 Å². The van der Waals surface area contributed by atoms with E-state index >= 15 is 0 Å². The van der Waals surface area contributed by atoms with Crippen molar-refractivity contribution in [3.8, 4) is 17.0 Å². The maximum Gasteiger partial charge on any atom is 0.346 e. The van der Waals surface area contributed by atoms with Gasteiger partial charge in [0.25, 0.3) is 0 Å². The molecule has 1 N–H and O–H groups in total. The summed E-state index contributed by atoms with van der Waals surface area (Å²) in [5.41, 5.74) is 1.76. The molecule has 0 saturated heterocycles. The summed E-state index contributed by atoms with van der Waals surface area (Å²) in [6, 6.07) is 1.52. The van der Waals surface area contributed by atoms with Gasteiger partial charge in [0.05, 0.1) is 18.0 Å². The van der Waals surface area contributed by atoms with Crippen molar-refractivity contribution in [2.24, 2.45) is 0 Å². The molecule has 0 fully saturated rings. The number of carboxylic acids is 1. The van der Waals surface area contributed by atoms with E-state index in [2.05, 4.69) is 4.98 Å². The first kappa shape index (κ1) is 14.0. The van der Waals surface area contributed by atoms with E-state index in [0.717, 1.165) is 21.2 Å². The van der Waals surface area contributed by atoms with Crippen molar-refractivity contribution in [3.63, 3.8) is 0 Å². The summed E-state index contributed by atoms with van der Waals surface area (Å²) in [7, 11) is 1.46. The molecule has 0 unspecified atom stereocenters. The van der Waals surface area contributed by atoms with Crippen LogP contribution in [0.3, 0.4) is 0 Å². The van der Waals surface area contributed by atoms with Crippen molar-refractivity contribution in [3.05, 3.63) is 33.9 Å². The third kappa shape index (κ3) is 2.18. The molecule has 0 radical (unpaired) electrons. The average molecular weight is 323 g/mol. The lowest BCUT2D eigenvalue weighted by Gasteiger charge is -2.03. The van der Waals surface area contributed by atoms with Crippen molar-refractivity contribution in [2.75, 3.05) is 7.11 Å². The lowest BCUT2D eigenvalue weighted by atomic mass is 10.1. The normalized spacial score (nSPS) is 11.0. The summed E-state index contributed by atoms with van der Waals surface area (Å²) in [6.07, 6.45) is 1.11. The van der Waals surface area contributed by atoms with Crippen LogP contribution in [0.1, 0.15) is 15.2 Å². The second kappa shape index (κ2) is 5.09. The molecule has 3 aromatic rings. The summed E-state index contributed by atoms with van der Waals surface area (Å²) in [5, 5.41) is 11.0. The average Bonchev–Trinajstić information content (AvgIpc) is 3.00. The van der Waals surface area contributed by atoms with Gasteiger partial charge in [-0.1, -0.05) is 0 Å². The van der Waals surface area contributed by atoms with Gasteiger partial charge in [0.2, 0.25) is 5.88 Å². The number of methoxy groups -OCH3 is 1. The highest BCUT2D eigenvalue weighted by Crippen LogP contribution is 2.43. The van der Waals surface area contributed by atoms with Gasteiger partial charge < -0.3 is 9.84 Å². The van der Waals surface area contributed by atoms with Crippen molar-refractivity contribution in [1.29, 1.82) is 0 Å². The molecule has 4 nitrogen and oxygen atoms in total. The quantitative estimate of drug-likeness (QED) is 0.785. The van der Waals surface area contributed by atoms with Gasteiger partial charge >= 0.3 is 5.97 Å². The van der Waals surface area contributed by atoms with Gasteiger partial charge in [-0.2, -0.15) is 0 Å². The van der Waals surface area contributed by atoms with Crippen molar-refractivity contribution < 1.29 is 19.0 Å². The summed E-state index contributed by atoms with van der Waals surface area (Å²) in [6.45, 7) is 1.77. The number of rotatable bonds is 3. The number of carbonyl (C=O) groups is 1. The van der Waals surface area contributed by atoms with E-state index in [1.807, 2.05) is 5.38 Å². The zero-order valence-corrected chi connectivity index (χ0v) is 12.8. The van der Waals surface area contributed by atoms with Crippen LogP contribution in [0.5, 0.6) is 5.88 Å². The number of hydrogen-bond donors (Lipinski definition) is 1. The second-order valence-electron chi connectivity index (χ2n) is 4.38. The third-order valence-electron chi connectivity index (χ3n) is 3.15. The Hall–Kier alpha value is -1.99. The van der Waals surface area contributed by atoms with Crippen LogP contribution in [0.2, 0.25) is 0 Å². The Bertz CT molecular complexity index is 853. The lowest BCUT2D eigenvalue weighted by molar-refractivity contribution is 0.0701. The Kier molecular flexibility index (Phi) is 3.38. The molecule has 7 heteroatoms. The zero-order valence-electron chi connectivity index (χ0n) is 11.1. The molecule has 0 spiro atoms. The minimum absolute atomic E-state index is 0.291. The summed E-state index contributed by atoms with van der Waals surface area (Å²) in [5.74, 6) is -1.10. The van der Waals surface area contributed by atoms with Gasteiger partial charge in [0, 0.05) is 27.3 Å². The molecular formula is C14H10FNO3S2. The molecule has 0 saturated carbocycles. The fraction of sp³-hybridized carbons (Fsp3) is 0.143. The Morgan fingerprint density at radius 1 is 1.38 bits per heavy atom. The van der Waals surface area contributed by atoms with E-state index in [-0.39, 0.29) is 0 Å². The number of fused-ring (bicyclic) bond motifs is 1. The predicted octanol–water partition coefficient (Wildman–Crippen LogP) is 4.18. The van der Waals surface area contributed by atoms with Crippen LogP contribution in [-0.4, -0.2) is 23.2 Å². The van der Waals surface area contributed by atoms with E-state index in [1.165, 1.54) is 35.8 Å². The van der Waals surface area contributed by atoms with E-state index < -0.39 is 11.8 Å². The maximum absolute atomic E-state index is 14.0. The molecule has 3 heterocycles. The Morgan fingerprint density at radius 2 is 2.14 bits per heavy atom. The first-order valence-electron chi connectivity index (χ1n) is 5.96. The molecular weight excluding hydrogens is 313 g/mol. The van der Waals surface area contributed by atoms with Crippen molar-refractivity contribution in [1.82, 2.24) is 4.98 Å². The molecule has 3 rings (SSSR count). The first-order valence-corrected chi connectivity index (χ1v) is 7.66. The van der Waals surface area contributed by atoms with E-state index in [1.54, 1.807) is 6.92 Å². The molecule has 3 aromatic heterocycles. The molecule has 0 aliphatic heterocycles. The lowest BCUT2D eigenvalue weighted by Crippen LogP contribution is -1.93. The van der Waals surface area contributed by atoms with Crippen LogP contribution >= 0.6 is 22.7 Å². The summed E-state index contributed by atoms with van der Waals surface area (Å²) < 4.78 is 20.7. The van der Waals surface area contributed by atoms with Gasteiger partial charge in [-0.3, -0.25) is 0 Å². The molecule has 0 aliphatic rings. The molecule has 21 heavy (non-hydrogen) atoms. The zero-order chi connectivity index (χ0) is 15.1. The number of aryl methyl sites for hydroxylation is 1. The van der Waals surface area contributed by atoms with Gasteiger partial charge in [0.15, 0.2) is 0 Å². The molecule has 0 atom stereocenters. The Morgan fingerprint density at radius 3 is 2.81 bits per heavy atom. The fourth-order valence-corrected chi connectivity index (χ4v) is 4.57. The Balaban J connectivity index is 2.26. The minimum atomic E-state index is -0.959. The van der Waals surface area contributed by atoms with Crippen molar-refractivity contribution >= 4 is 38.0 Å². The number of ether oxygens (including phenoxy) is 1. The monoisotopic (exact) mass is 323 g/mol. The first-order chi connectivity index (χ1) is 10.0. The van der Waals surface area contributed by atoms with E-state index in [4.69, 9.17) is 4.74 Å². The number of carboxylic acid groups (broad SMARTS) is 1. The van der Waals surface area contributed by atoms with E-state index in [9.17, 15) is 14.3 Å². The fourth-order valence-electron chi connectivity index (χ4n) is 2.12. The van der Waals surface area contributed by atoms with Gasteiger partial charge in [-0.05, 0) is 12.5 Å². The number of aromatic nitrogens is 1. The van der Waals surface area contributed by atoms with Crippen LogP contribution < -0.4 is 4.74 Å². The number of halogens is 1. The van der Waals surface area contributed by atoms with Crippen LogP contribution in [0.4, 0.5) is 4.39 Å². The topological polar surface area (TPSA) is 59.4 Å². The molecule has 0 bridgehead atoms. The SMILES string of the molecule is COc1cc(-c2csc3c(C)c(C(=O)O)sc23)c(F)cn1. The molecule has 108 valence electrons. The third-order valence-corrected chi connectivity index (χ3v) is 5.70. The molecule has 0 aliphatic carbocycles. The standard InChI is InChI=1S/C14H10FNO3S2/c1-6-11-13(21-12(6)14(17)18)8(5-20-11)7-3-10(19-2)16-4-9(7)15/h3-5H,1-2H3,(H,17,18). The highest BCUT2D eigenvalue weighted by atomic mass is 32.1. The maximum atomic E-state index is 14.0. The predicted molar refractivity (Wildman–Crippen MR) is 81.1 cm³/mol. The minimum Gasteiger partial charge on any atom is -0.481 e. The van der Waals surface area contributed by atoms with Crippen LogP contribution in [-0.2, 0) is 0 Å². The number of thiophene rings is 2. The number of hydrogen-bond acceptors (Lipinski definition) is 5. The Labute approximate surface area is 127 Å². The second-order valence-corrected chi connectivity index (χ2v) is 6.28. The largest absolute Gasteiger partial charge is 0.481 e. The number of nitrogens with zero attached hydrogens (tertiary/aromatic N) is 1. The van der Waals surface area contributed by atoms with Gasteiger partial charge in [-0.15, -0.1) is 22.7 Å². The summed E-state index contributed by atoms with van der Waals surface area (Å²) in [4.78, 5) is 15.3. The van der Waals surface area contributed by atoms with Crippen LogP contribution in [0, 0.1) is 12.7 Å².